The molecule has 0 radical (unpaired) electrons. The molecule has 2 aromatic carbocycles. The maximum Gasteiger partial charge on any atom is 0.142 e. The molecule has 4 heteroatoms. The molecule has 0 aliphatic carbocycles. The Labute approximate surface area is 146 Å². The number of nitrogen functional groups attached to an aromatic ring is 1. The van der Waals surface area contributed by atoms with Crippen molar-refractivity contribution < 1.29 is 0 Å². The Kier molecular flexibility index (Phi) is 4.50. The minimum absolute atomic E-state index is 0.212. The molecule has 0 aliphatic heterocycles. The summed E-state index contributed by atoms with van der Waals surface area (Å²) in [4.78, 5) is 4.40. The largest absolute Gasteiger partial charge is 0.383 e. The maximum absolute atomic E-state index is 9.47. The van der Waals surface area contributed by atoms with Crippen molar-refractivity contribution in [3.63, 3.8) is 0 Å². The molecule has 0 atom stereocenters. The zero-order valence-corrected chi connectivity index (χ0v) is 14.0. The first-order valence-corrected chi connectivity index (χ1v) is 8.06. The number of hydrogen-bond donors (Lipinski definition) is 1. The Morgan fingerprint density at radius 2 is 1.79 bits per heavy atom. The standard InChI is InChI=1S/C20H16ClN3/c1-2-13-7-9-14(10-8-13)19-11-16(17(12-22)20(23)24-19)15-5-3-4-6-18(15)21/h3-11H,2H2,1H3,(H2,23,24). The van der Waals surface area contributed by atoms with Crippen molar-refractivity contribution in [2.45, 2.75) is 13.3 Å². The lowest BCUT2D eigenvalue weighted by Gasteiger charge is -2.11. The van der Waals surface area contributed by atoms with Crippen LogP contribution in [0, 0.1) is 11.3 Å². The van der Waals surface area contributed by atoms with Crippen LogP contribution in [0.5, 0.6) is 0 Å². The summed E-state index contributed by atoms with van der Waals surface area (Å²) in [6, 6.07) is 19.6. The molecule has 1 aromatic heterocycles. The van der Waals surface area contributed by atoms with Gasteiger partial charge in [-0.15, -0.1) is 0 Å². The Morgan fingerprint density at radius 1 is 1.08 bits per heavy atom. The lowest BCUT2D eigenvalue weighted by Crippen LogP contribution is -2.00. The van der Waals surface area contributed by atoms with Crippen LogP contribution in [0.2, 0.25) is 5.02 Å². The van der Waals surface area contributed by atoms with Crippen LogP contribution >= 0.6 is 11.6 Å². The third-order valence-corrected chi connectivity index (χ3v) is 4.31. The third kappa shape index (κ3) is 2.97. The van der Waals surface area contributed by atoms with E-state index in [1.54, 1.807) is 6.07 Å². The van der Waals surface area contributed by atoms with Gasteiger partial charge in [0, 0.05) is 21.7 Å². The maximum atomic E-state index is 9.47. The lowest BCUT2D eigenvalue weighted by atomic mass is 9.98. The number of nitrogens with zero attached hydrogens (tertiary/aromatic N) is 2. The average molecular weight is 334 g/mol. The summed E-state index contributed by atoms with van der Waals surface area (Å²) in [5.41, 5.74) is 10.8. The van der Waals surface area contributed by atoms with Gasteiger partial charge in [-0.2, -0.15) is 5.26 Å². The molecule has 0 spiro atoms. The highest BCUT2D eigenvalue weighted by Crippen LogP contribution is 2.34. The van der Waals surface area contributed by atoms with Gasteiger partial charge in [0.05, 0.1) is 5.69 Å². The highest BCUT2D eigenvalue weighted by molar-refractivity contribution is 6.33. The first kappa shape index (κ1) is 16.0. The molecule has 24 heavy (non-hydrogen) atoms. The van der Waals surface area contributed by atoms with E-state index in [4.69, 9.17) is 17.3 Å². The molecule has 0 unspecified atom stereocenters. The molecule has 3 nitrogen and oxygen atoms in total. The summed E-state index contributed by atoms with van der Waals surface area (Å²) in [6.07, 6.45) is 0.980. The van der Waals surface area contributed by atoms with Crippen molar-refractivity contribution in [2.75, 3.05) is 5.73 Å². The molecule has 0 amide bonds. The monoisotopic (exact) mass is 333 g/mol. The Balaban J connectivity index is 2.20. The van der Waals surface area contributed by atoms with Crippen LogP contribution in [-0.4, -0.2) is 4.98 Å². The summed E-state index contributed by atoms with van der Waals surface area (Å²) in [6.45, 7) is 2.11. The van der Waals surface area contributed by atoms with E-state index in [9.17, 15) is 5.26 Å². The van der Waals surface area contributed by atoms with E-state index in [0.29, 0.717) is 16.1 Å². The van der Waals surface area contributed by atoms with E-state index < -0.39 is 0 Å². The van der Waals surface area contributed by atoms with Gasteiger partial charge in [-0.3, -0.25) is 0 Å². The number of aryl methyl sites for hydroxylation is 1. The van der Waals surface area contributed by atoms with Gasteiger partial charge in [-0.25, -0.2) is 4.98 Å². The third-order valence-electron chi connectivity index (χ3n) is 3.98. The Morgan fingerprint density at radius 3 is 2.42 bits per heavy atom. The van der Waals surface area contributed by atoms with E-state index in [2.05, 4.69) is 30.1 Å². The summed E-state index contributed by atoms with van der Waals surface area (Å²) < 4.78 is 0. The van der Waals surface area contributed by atoms with Gasteiger partial charge in [-0.05, 0) is 24.1 Å². The van der Waals surface area contributed by atoms with Crippen LogP contribution in [0.25, 0.3) is 22.4 Å². The predicted octanol–water partition coefficient (Wildman–Crippen LogP) is 5.09. The second-order valence-corrected chi connectivity index (χ2v) is 5.86. The fourth-order valence-corrected chi connectivity index (χ4v) is 2.87. The molecule has 3 aromatic rings. The molecule has 0 fully saturated rings. The summed E-state index contributed by atoms with van der Waals surface area (Å²) in [5, 5.41) is 10.0. The van der Waals surface area contributed by atoms with Crippen LogP contribution in [0.3, 0.4) is 0 Å². The van der Waals surface area contributed by atoms with Gasteiger partial charge < -0.3 is 5.73 Å². The number of nitriles is 1. The van der Waals surface area contributed by atoms with Crippen molar-refractivity contribution in [1.29, 1.82) is 5.26 Å². The van der Waals surface area contributed by atoms with Crippen molar-refractivity contribution in [3.8, 4) is 28.5 Å². The van der Waals surface area contributed by atoms with Crippen molar-refractivity contribution in [3.05, 3.63) is 70.7 Å². The number of halogens is 1. The first-order chi connectivity index (χ1) is 11.6. The van der Waals surface area contributed by atoms with Gasteiger partial charge in [0.1, 0.15) is 17.5 Å². The zero-order chi connectivity index (χ0) is 17.1. The molecule has 0 saturated carbocycles. The number of benzene rings is 2. The molecule has 118 valence electrons. The first-order valence-electron chi connectivity index (χ1n) is 7.69. The summed E-state index contributed by atoms with van der Waals surface area (Å²) in [7, 11) is 0. The van der Waals surface area contributed by atoms with Gasteiger partial charge in [0.15, 0.2) is 0 Å². The smallest absolute Gasteiger partial charge is 0.142 e. The average Bonchev–Trinajstić information content (AvgIpc) is 2.61. The number of pyridine rings is 1. The van der Waals surface area contributed by atoms with E-state index in [1.807, 2.05) is 36.4 Å². The second kappa shape index (κ2) is 6.74. The molecule has 1 heterocycles. The van der Waals surface area contributed by atoms with Gasteiger partial charge in [-0.1, -0.05) is 61.0 Å². The van der Waals surface area contributed by atoms with Crippen molar-refractivity contribution >= 4 is 17.4 Å². The summed E-state index contributed by atoms with van der Waals surface area (Å²) >= 11 is 6.31. The highest BCUT2D eigenvalue weighted by Gasteiger charge is 2.15. The normalized spacial score (nSPS) is 10.4. The lowest BCUT2D eigenvalue weighted by molar-refractivity contribution is 1.14. The Hall–Kier alpha value is -2.83. The number of rotatable bonds is 3. The topological polar surface area (TPSA) is 62.7 Å². The number of nitrogens with two attached hydrogens (primary N) is 1. The molecular formula is C20H16ClN3. The van der Waals surface area contributed by atoms with Crippen LogP contribution in [0.15, 0.2) is 54.6 Å². The van der Waals surface area contributed by atoms with Crippen LogP contribution in [0.1, 0.15) is 18.1 Å². The minimum atomic E-state index is 0.212. The minimum Gasteiger partial charge on any atom is -0.383 e. The van der Waals surface area contributed by atoms with Crippen molar-refractivity contribution in [2.24, 2.45) is 0 Å². The van der Waals surface area contributed by atoms with Gasteiger partial charge in [0.25, 0.3) is 0 Å². The van der Waals surface area contributed by atoms with Gasteiger partial charge >= 0.3 is 0 Å². The molecule has 0 saturated heterocycles. The van der Waals surface area contributed by atoms with Gasteiger partial charge in [0.2, 0.25) is 0 Å². The fourth-order valence-electron chi connectivity index (χ4n) is 2.63. The van der Waals surface area contributed by atoms with E-state index >= 15 is 0 Å². The molecule has 2 N–H and O–H groups in total. The molecular weight excluding hydrogens is 318 g/mol. The summed E-state index contributed by atoms with van der Waals surface area (Å²) in [5.74, 6) is 0.212. The van der Waals surface area contributed by atoms with E-state index in [0.717, 1.165) is 23.2 Å². The van der Waals surface area contributed by atoms with Crippen LogP contribution in [0.4, 0.5) is 5.82 Å². The predicted molar refractivity (Wildman–Crippen MR) is 98.6 cm³/mol. The Bertz CT molecular complexity index is 925. The van der Waals surface area contributed by atoms with Crippen molar-refractivity contribution in [1.82, 2.24) is 4.98 Å². The number of hydrogen-bond acceptors (Lipinski definition) is 3. The zero-order valence-electron chi connectivity index (χ0n) is 13.3. The molecule has 0 aliphatic rings. The number of anilines is 1. The fraction of sp³-hybridized carbons (Fsp3) is 0.100. The van der Waals surface area contributed by atoms with E-state index in [1.165, 1.54) is 5.56 Å². The quantitative estimate of drug-likeness (QED) is 0.726. The van der Waals surface area contributed by atoms with Crippen LogP contribution < -0.4 is 5.73 Å². The SMILES string of the molecule is CCc1ccc(-c2cc(-c3ccccc3Cl)c(C#N)c(N)n2)cc1. The van der Waals surface area contributed by atoms with E-state index in [-0.39, 0.29) is 5.82 Å². The molecule has 3 rings (SSSR count). The molecule has 0 bridgehead atoms. The second-order valence-electron chi connectivity index (χ2n) is 5.46. The number of aromatic nitrogens is 1. The van der Waals surface area contributed by atoms with Crippen LogP contribution in [-0.2, 0) is 6.42 Å². The highest BCUT2D eigenvalue weighted by atomic mass is 35.5.